The molecule has 2 aromatic heterocycles. The average Bonchev–Trinajstić information content (AvgIpc) is 3.24. The Bertz CT molecular complexity index is 1260. The Kier molecular flexibility index (Phi) is 6.62. The summed E-state index contributed by atoms with van der Waals surface area (Å²) in [4.78, 5) is 37.9. The summed E-state index contributed by atoms with van der Waals surface area (Å²) in [7, 11) is 0. The molecule has 1 aliphatic rings. The Morgan fingerprint density at radius 2 is 1.57 bits per heavy atom. The number of carbonyl (C=O) groups is 2. The van der Waals surface area contributed by atoms with Crippen LogP contribution in [0.2, 0.25) is 0 Å². The fourth-order valence-corrected chi connectivity index (χ4v) is 5.10. The van der Waals surface area contributed by atoms with Gasteiger partial charge in [0.05, 0.1) is 5.92 Å². The molecule has 1 aliphatic heterocycles. The van der Waals surface area contributed by atoms with Gasteiger partial charge in [0, 0.05) is 50.9 Å². The molecule has 178 valence electrons. The number of carbonyl (C=O) groups excluding carboxylic acids is 2. The number of H-pyrrole nitrogens is 1. The molecule has 0 spiro atoms. The number of benzene rings is 2. The highest BCUT2D eigenvalue weighted by Gasteiger charge is 2.32. The van der Waals surface area contributed by atoms with Gasteiger partial charge in [-0.15, -0.1) is 0 Å². The van der Waals surface area contributed by atoms with Crippen molar-refractivity contribution in [3.63, 3.8) is 0 Å². The van der Waals surface area contributed by atoms with Crippen molar-refractivity contribution in [1.29, 1.82) is 0 Å². The minimum atomic E-state index is -0.375. The molecular weight excluding hydrogens is 436 g/mol. The monoisotopic (exact) mass is 466 g/mol. The summed E-state index contributed by atoms with van der Waals surface area (Å²) in [5.74, 6) is -0.126. The topological polar surface area (TPSA) is 69.3 Å². The molecule has 0 bridgehead atoms. The molecule has 3 heterocycles. The van der Waals surface area contributed by atoms with Crippen LogP contribution in [0.25, 0.3) is 11.0 Å². The Morgan fingerprint density at radius 1 is 0.943 bits per heavy atom. The Labute approximate surface area is 205 Å². The first-order chi connectivity index (χ1) is 17.1. The second-order valence-corrected chi connectivity index (χ2v) is 9.33. The van der Waals surface area contributed by atoms with Gasteiger partial charge in [-0.3, -0.25) is 9.59 Å². The van der Waals surface area contributed by atoms with Gasteiger partial charge < -0.3 is 14.8 Å². The fourth-order valence-electron chi connectivity index (χ4n) is 5.10. The third kappa shape index (κ3) is 5.11. The molecule has 2 aromatic carbocycles. The van der Waals surface area contributed by atoms with E-state index in [1.54, 1.807) is 6.92 Å². The van der Waals surface area contributed by atoms with E-state index < -0.39 is 0 Å². The summed E-state index contributed by atoms with van der Waals surface area (Å²) in [5, 5.41) is 1.07. The number of rotatable bonds is 5. The van der Waals surface area contributed by atoms with Crippen LogP contribution in [0.3, 0.4) is 0 Å². The lowest BCUT2D eigenvalue weighted by Crippen LogP contribution is -2.40. The van der Waals surface area contributed by atoms with Crippen LogP contribution in [0, 0.1) is 5.92 Å². The van der Waals surface area contributed by atoms with Gasteiger partial charge in [0.2, 0.25) is 11.8 Å². The number of pyridine rings is 1. The number of hydrogen-bond acceptors (Lipinski definition) is 3. The number of nitrogens with zero attached hydrogens (tertiary/aromatic N) is 3. The van der Waals surface area contributed by atoms with Crippen molar-refractivity contribution in [3.8, 4) is 0 Å². The molecule has 35 heavy (non-hydrogen) atoms. The number of aromatic nitrogens is 2. The summed E-state index contributed by atoms with van der Waals surface area (Å²) in [6.45, 7) is 3.91. The molecule has 1 atom stereocenters. The number of fused-ring (bicyclic) bond motifs is 1. The van der Waals surface area contributed by atoms with Crippen LogP contribution in [0.1, 0.15) is 29.5 Å². The van der Waals surface area contributed by atoms with E-state index in [0.29, 0.717) is 26.2 Å². The SMILES string of the molecule is CC(=O)N1CCN(C(=O)C(c2ccccc2)c2ccccc2)CC(Cc2cnc3[nH]ccc3c2)C1. The first-order valence-corrected chi connectivity index (χ1v) is 12.1. The van der Waals surface area contributed by atoms with Crippen molar-refractivity contribution < 1.29 is 9.59 Å². The first kappa shape index (κ1) is 22.8. The predicted molar refractivity (Wildman–Crippen MR) is 137 cm³/mol. The van der Waals surface area contributed by atoms with E-state index >= 15 is 0 Å². The summed E-state index contributed by atoms with van der Waals surface area (Å²) < 4.78 is 0. The van der Waals surface area contributed by atoms with E-state index in [2.05, 4.69) is 16.0 Å². The normalized spacial score (nSPS) is 16.5. The molecule has 6 heteroatoms. The zero-order chi connectivity index (χ0) is 24.2. The van der Waals surface area contributed by atoms with Gasteiger partial charge in [0.15, 0.2) is 0 Å². The molecule has 0 saturated carbocycles. The van der Waals surface area contributed by atoms with Crippen LogP contribution in [0.5, 0.6) is 0 Å². The van der Waals surface area contributed by atoms with Crippen LogP contribution < -0.4 is 0 Å². The number of amides is 2. The lowest BCUT2D eigenvalue weighted by atomic mass is 9.89. The highest BCUT2D eigenvalue weighted by Crippen LogP contribution is 2.28. The molecule has 2 amide bonds. The van der Waals surface area contributed by atoms with Gasteiger partial charge in [-0.05, 0) is 41.2 Å². The standard InChI is InChI=1S/C29H30N4O2/c1-21(34)32-14-15-33(20-23(19-32)16-22-17-26-12-13-30-28(26)31-18-22)29(35)27(24-8-4-2-5-9-24)25-10-6-3-7-11-25/h2-13,17-18,23,27H,14-16,19-20H2,1H3,(H,30,31). The minimum Gasteiger partial charge on any atom is -0.346 e. The van der Waals surface area contributed by atoms with Crippen molar-refractivity contribution >= 4 is 22.8 Å². The summed E-state index contributed by atoms with van der Waals surface area (Å²) >= 11 is 0. The predicted octanol–water partition coefficient (Wildman–Crippen LogP) is 4.24. The molecule has 1 N–H and O–H groups in total. The lowest BCUT2D eigenvalue weighted by Gasteiger charge is -2.29. The third-order valence-corrected chi connectivity index (χ3v) is 6.85. The highest BCUT2D eigenvalue weighted by molar-refractivity contribution is 5.87. The van der Waals surface area contributed by atoms with Crippen LogP contribution in [-0.4, -0.2) is 57.8 Å². The molecular formula is C29H30N4O2. The number of hydrogen-bond donors (Lipinski definition) is 1. The van der Waals surface area contributed by atoms with Crippen molar-refractivity contribution in [1.82, 2.24) is 19.8 Å². The lowest BCUT2D eigenvalue weighted by molar-refractivity contribution is -0.133. The largest absolute Gasteiger partial charge is 0.346 e. The molecule has 0 radical (unpaired) electrons. The van der Waals surface area contributed by atoms with Crippen LogP contribution >= 0.6 is 0 Å². The summed E-state index contributed by atoms with van der Waals surface area (Å²) in [6, 6.07) is 24.1. The third-order valence-electron chi connectivity index (χ3n) is 6.85. The van der Waals surface area contributed by atoms with Crippen molar-refractivity contribution in [2.75, 3.05) is 26.2 Å². The van der Waals surface area contributed by atoms with Gasteiger partial charge >= 0.3 is 0 Å². The van der Waals surface area contributed by atoms with E-state index in [-0.39, 0.29) is 23.7 Å². The smallest absolute Gasteiger partial charge is 0.234 e. The summed E-state index contributed by atoms with van der Waals surface area (Å²) in [6.07, 6.45) is 4.53. The van der Waals surface area contributed by atoms with E-state index in [0.717, 1.165) is 34.1 Å². The van der Waals surface area contributed by atoms with Crippen molar-refractivity contribution in [3.05, 3.63) is 102 Å². The van der Waals surface area contributed by atoms with E-state index in [1.165, 1.54) is 0 Å². The fraction of sp³-hybridized carbons (Fsp3) is 0.276. The highest BCUT2D eigenvalue weighted by atomic mass is 16.2. The second-order valence-electron chi connectivity index (χ2n) is 9.33. The Morgan fingerprint density at radius 3 is 2.23 bits per heavy atom. The second kappa shape index (κ2) is 10.1. The maximum Gasteiger partial charge on any atom is 0.234 e. The Hall–Kier alpha value is -3.93. The zero-order valence-electron chi connectivity index (χ0n) is 19.9. The van der Waals surface area contributed by atoms with E-state index in [9.17, 15) is 9.59 Å². The van der Waals surface area contributed by atoms with Crippen LogP contribution in [0.4, 0.5) is 0 Å². The molecule has 1 fully saturated rings. The molecule has 4 aromatic rings. The van der Waals surface area contributed by atoms with E-state index in [1.807, 2.05) is 88.9 Å². The minimum absolute atomic E-state index is 0.0474. The zero-order valence-corrected chi connectivity index (χ0v) is 19.9. The maximum absolute atomic E-state index is 14.1. The molecule has 6 nitrogen and oxygen atoms in total. The Balaban J connectivity index is 1.43. The van der Waals surface area contributed by atoms with Gasteiger partial charge in [-0.1, -0.05) is 60.7 Å². The van der Waals surface area contributed by atoms with Gasteiger partial charge in [0.25, 0.3) is 0 Å². The molecule has 0 aliphatic carbocycles. The first-order valence-electron chi connectivity index (χ1n) is 12.1. The van der Waals surface area contributed by atoms with Crippen LogP contribution in [-0.2, 0) is 16.0 Å². The van der Waals surface area contributed by atoms with Crippen LogP contribution in [0.15, 0.2) is 85.2 Å². The average molecular weight is 467 g/mol. The van der Waals surface area contributed by atoms with Gasteiger partial charge in [-0.25, -0.2) is 4.98 Å². The molecule has 5 rings (SSSR count). The molecule has 1 unspecified atom stereocenters. The maximum atomic E-state index is 14.1. The molecule has 1 saturated heterocycles. The van der Waals surface area contributed by atoms with Gasteiger partial charge in [-0.2, -0.15) is 0 Å². The van der Waals surface area contributed by atoms with Crippen molar-refractivity contribution in [2.45, 2.75) is 19.3 Å². The summed E-state index contributed by atoms with van der Waals surface area (Å²) in [5.41, 5.74) is 3.94. The van der Waals surface area contributed by atoms with Gasteiger partial charge in [0.1, 0.15) is 5.65 Å². The van der Waals surface area contributed by atoms with E-state index in [4.69, 9.17) is 0 Å². The quantitative estimate of drug-likeness (QED) is 0.478. The number of nitrogens with one attached hydrogen (secondary N) is 1. The van der Waals surface area contributed by atoms with Crippen molar-refractivity contribution in [2.24, 2.45) is 5.92 Å². The number of aromatic amines is 1.